The minimum absolute atomic E-state index is 0. The Morgan fingerprint density at radius 1 is 0.588 bits per heavy atom. The van der Waals surface area contributed by atoms with Crippen LogP contribution in [0.25, 0.3) is 10.9 Å². The van der Waals surface area contributed by atoms with Crippen LogP contribution in [0, 0.1) is 0 Å². The Hall–Kier alpha value is -1.98. The van der Waals surface area contributed by atoms with Crippen LogP contribution in [0.5, 0.6) is 0 Å². The fourth-order valence-electron chi connectivity index (χ4n) is 1.40. The maximum Gasteiger partial charge on any atom is 0.0701 e. The number of aromatic nitrogens is 1. The van der Waals surface area contributed by atoms with Crippen molar-refractivity contribution in [2.45, 2.75) is 0 Å². The first-order chi connectivity index (χ1) is 7.97. The van der Waals surface area contributed by atoms with Gasteiger partial charge in [-0.05, 0) is 12.1 Å². The summed E-state index contributed by atoms with van der Waals surface area (Å²) in [7, 11) is 0. The van der Waals surface area contributed by atoms with Gasteiger partial charge in [0.1, 0.15) is 0 Å². The van der Waals surface area contributed by atoms with E-state index in [1.807, 2.05) is 66.9 Å². The standard InChI is InChI=1S/C9H7N.C6H6.Be.2H/c1-2-6-9-8(4-1)5-3-7-10-9;1-2-4-6-5-3-1;;;/h1-7H;1-6H;;;. The number of hydrogen-bond donors (Lipinski definition) is 0. The predicted molar refractivity (Wildman–Crippen MR) is 76.7 cm³/mol. The molecule has 1 nitrogen and oxygen atoms in total. The molecular weight excluding hydrogens is 203 g/mol. The van der Waals surface area contributed by atoms with Crippen LogP contribution in [0.4, 0.5) is 0 Å². The fraction of sp³-hybridized carbons (Fsp3) is 0. The number of pyridine rings is 1. The van der Waals surface area contributed by atoms with E-state index < -0.39 is 0 Å². The Morgan fingerprint density at radius 2 is 1.12 bits per heavy atom. The molecule has 0 saturated heterocycles. The van der Waals surface area contributed by atoms with E-state index >= 15 is 0 Å². The molecule has 82 valence electrons. The Balaban J connectivity index is 0.000000180. The van der Waals surface area contributed by atoms with Crippen molar-refractivity contribution in [2.24, 2.45) is 0 Å². The van der Waals surface area contributed by atoms with Crippen molar-refractivity contribution in [3.63, 3.8) is 0 Å². The number of para-hydroxylation sites is 1. The molecular formula is C15H15BeN. The molecule has 3 aromatic rings. The van der Waals surface area contributed by atoms with Gasteiger partial charge in [-0.15, -0.1) is 0 Å². The Kier molecular flexibility index (Phi) is 5.63. The van der Waals surface area contributed by atoms with Gasteiger partial charge in [0.25, 0.3) is 0 Å². The molecule has 1 aromatic heterocycles. The summed E-state index contributed by atoms with van der Waals surface area (Å²) in [5, 5.41) is 1.20. The minimum atomic E-state index is 0. The van der Waals surface area contributed by atoms with Gasteiger partial charge in [0.05, 0.1) is 5.52 Å². The van der Waals surface area contributed by atoms with Gasteiger partial charge >= 0.3 is 10.1 Å². The molecule has 0 radical (unpaired) electrons. The maximum atomic E-state index is 4.18. The minimum Gasteiger partial charge on any atom is -0.256 e. The molecule has 0 unspecified atom stereocenters. The number of benzene rings is 2. The summed E-state index contributed by atoms with van der Waals surface area (Å²) in [6.07, 6.45) is 1.81. The van der Waals surface area contributed by atoms with Gasteiger partial charge in [0.15, 0.2) is 0 Å². The summed E-state index contributed by atoms with van der Waals surface area (Å²) in [5.41, 5.74) is 1.06. The number of fused-ring (bicyclic) bond motifs is 1. The summed E-state index contributed by atoms with van der Waals surface area (Å²) in [6, 6.07) is 24.1. The molecule has 0 fully saturated rings. The van der Waals surface area contributed by atoms with E-state index in [9.17, 15) is 0 Å². The van der Waals surface area contributed by atoms with Crippen molar-refractivity contribution in [1.82, 2.24) is 4.98 Å². The van der Waals surface area contributed by atoms with E-state index in [1.54, 1.807) is 0 Å². The molecule has 17 heavy (non-hydrogen) atoms. The third-order valence-electron chi connectivity index (χ3n) is 2.18. The zero-order chi connectivity index (χ0) is 11.1. The van der Waals surface area contributed by atoms with Crippen molar-refractivity contribution >= 4 is 21.0 Å². The van der Waals surface area contributed by atoms with Crippen LogP contribution in [-0.4, -0.2) is 15.1 Å². The first-order valence-electron chi connectivity index (χ1n) is 5.26. The molecule has 0 bridgehead atoms. The topological polar surface area (TPSA) is 12.9 Å². The van der Waals surface area contributed by atoms with E-state index in [4.69, 9.17) is 0 Å². The van der Waals surface area contributed by atoms with Crippen molar-refractivity contribution in [2.75, 3.05) is 0 Å². The van der Waals surface area contributed by atoms with E-state index in [0.717, 1.165) is 5.52 Å². The summed E-state index contributed by atoms with van der Waals surface area (Å²) >= 11 is 0. The van der Waals surface area contributed by atoms with Gasteiger partial charge in [0, 0.05) is 11.6 Å². The van der Waals surface area contributed by atoms with Crippen molar-refractivity contribution in [3.8, 4) is 0 Å². The van der Waals surface area contributed by atoms with Gasteiger partial charge in [-0.1, -0.05) is 60.7 Å². The average Bonchev–Trinajstić information content (AvgIpc) is 2.42. The molecule has 2 heteroatoms. The molecule has 0 aliphatic rings. The smallest absolute Gasteiger partial charge is 0.0701 e. The van der Waals surface area contributed by atoms with Gasteiger partial charge in [-0.25, -0.2) is 0 Å². The van der Waals surface area contributed by atoms with E-state index in [-0.39, 0.29) is 10.1 Å². The molecule has 0 spiro atoms. The van der Waals surface area contributed by atoms with Crippen molar-refractivity contribution in [3.05, 3.63) is 79.0 Å². The van der Waals surface area contributed by atoms with E-state index in [2.05, 4.69) is 17.1 Å². The van der Waals surface area contributed by atoms with Crippen LogP contribution in [-0.2, 0) is 0 Å². The number of rotatable bonds is 0. The van der Waals surface area contributed by atoms with Crippen LogP contribution in [0.3, 0.4) is 0 Å². The zero-order valence-electron chi connectivity index (χ0n) is 8.95. The maximum absolute atomic E-state index is 4.18. The van der Waals surface area contributed by atoms with Crippen LogP contribution in [0.1, 0.15) is 0 Å². The molecule has 1 heterocycles. The third kappa shape index (κ3) is 4.18. The molecule has 3 rings (SSSR count). The van der Waals surface area contributed by atoms with Crippen molar-refractivity contribution in [1.29, 1.82) is 0 Å². The summed E-state index contributed by atoms with van der Waals surface area (Å²) in [6.45, 7) is 0. The van der Waals surface area contributed by atoms with Crippen LogP contribution in [0.15, 0.2) is 79.0 Å². The summed E-state index contributed by atoms with van der Waals surface area (Å²) in [4.78, 5) is 4.18. The Labute approximate surface area is 105 Å². The fourth-order valence-corrected chi connectivity index (χ4v) is 1.40. The summed E-state index contributed by atoms with van der Waals surface area (Å²) < 4.78 is 0. The van der Waals surface area contributed by atoms with Crippen LogP contribution >= 0.6 is 0 Å². The van der Waals surface area contributed by atoms with Crippen LogP contribution < -0.4 is 0 Å². The second-order valence-electron chi connectivity index (χ2n) is 3.35. The second kappa shape index (κ2) is 7.32. The van der Waals surface area contributed by atoms with E-state index in [0.29, 0.717) is 0 Å². The predicted octanol–water partition coefficient (Wildman–Crippen LogP) is 3.01. The molecule has 0 aliphatic carbocycles. The molecule has 0 aliphatic heterocycles. The van der Waals surface area contributed by atoms with Crippen LogP contribution in [0.2, 0.25) is 0 Å². The molecule has 0 N–H and O–H groups in total. The van der Waals surface area contributed by atoms with Gasteiger partial charge in [-0.2, -0.15) is 0 Å². The first kappa shape index (κ1) is 13.1. The summed E-state index contributed by atoms with van der Waals surface area (Å²) in [5.74, 6) is 0. The second-order valence-corrected chi connectivity index (χ2v) is 3.35. The molecule has 2 aromatic carbocycles. The van der Waals surface area contributed by atoms with Gasteiger partial charge < -0.3 is 0 Å². The average molecular weight is 218 g/mol. The Bertz CT molecular complexity index is 445. The molecule has 0 atom stereocenters. The normalized spacial score (nSPS) is 8.71. The zero-order valence-corrected chi connectivity index (χ0v) is 8.95. The quantitative estimate of drug-likeness (QED) is 0.529. The number of nitrogens with zero attached hydrogens (tertiary/aromatic N) is 1. The largest absolute Gasteiger partial charge is 0.256 e. The van der Waals surface area contributed by atoms with E-state index in [1.165, 1.54) is 5.39 Å². The molecule has 0 saturated carbocycles. The first-order valence-corrected chi connectivity index (χ1v) is 5.26. The SMILES string of the molecule is [BeH2].c1ccc2ncccc2c1.c1ccccc1. The monoisotopic (exact) mass is 218 g/mol. The van der Waals surface area contributed by atoms with Crippen molar-refractivity contribution < 1.29 is 0 Å². The Morgan fingerprint density at radius 3 is 1.71 bits per heavy atom. The molecule has 0 amide bonds. The third-order valence-corrected chi connectivity index (χ3v) is 2.18. The van der Waals surface area contributed by atoms with Gasteiger partial charge in [0.2, 0.25) is 0 Å². The number of hydrogen-bond acceptors (Lipinski definition) is 1. The van der Waals surface area contributed by atoms with Gasteiger partial charge in [-0.3, -0.25) is 4.98 Å².